The standard InChI is InChI=1S/C13H20BrN3/c1-8(2)7-17(10-4-5-10)13-12(14)9(3)11(15)6-16-13/h6,8,10H,4-5,7,15H2,1-3H3. The number of hydrogen-bond acceptors (Lipinski definition) is 3. The van der Waals surface area contributed by atoms with Crippen LogP contribution in [0, 0.1) is 12.8 Å². The molecule has 3 nitrogen and oxygen atoms in total. The summed E-state index contributed by atoms with van der Waals surface area (Å²) >= 11 is 3.63. The number of nitrogen functional groups attached to an aromatic ring is 1. The Hall–Kier alpha value is -0.770. The fourth-order valence-electron chi connectivity index (χ4n) is 1.97. The van der Waals surface area contributed by atoms with E-state index in [1.54, 1.807) is 6.20 Å². The predicted molar refractivity (Wildman–Crippen MR) is 76.3 cm³/mol. The van der Waals surface area contributed by atoms with Gasteiger partial charge in [0.25, 0.3) is 0 Å². The normalized spacial score (nSPS) is 15.4. The molecule has 1 fully saturated rings. The van der Waals surface area contributed by atoms with Crippen LogP contribution in [0.15, 0.2) is 10.7 Å². The minimum absolute atomic E-state index is 0.641. The molecule has 0 amide bonds. The van der Waals surface area contributed by atoms with E-state index in [9.17, 15) is 0 Å². The second-order valence-corrected chi connectivity index (χ2v) is 6.05. The second kappa shape index (κ2) is 4.84. The highest BCUT2D eigenvalue weighted by Crippen LogP contribution is 2.37. The quantitative estimate of drug-likeness (QED) is 0.926. The molecule has 17 heavy (non-hydrogen) atoms. The van der Waals surface area contributed by atoms with Gasteiger partial charge in [0.05, 0.1) is 16.4 Å². The van der Waals surface area contributed by atoms with Gasteiger partial charge in [-0.05, 0) is 47.2 Å². The van der Waals surface area contributed by atoms with Crippen molar-refractivity contribution in [2.45, 2.75) is 39.7 Å². The molecule has 0 saturated heterocycles. The molecule has 1 aliphatic rings. The monoisotopic (exact) mass is 297 g/mol. The Morgan fingerprint density at radius 2 is 2.18 bits per heavy atom. The van der Waals surface area contributed by atoms with Crippen LogP contribution in [0.4, 0.5) is 11.5 Å². The molecule has 0 unspecified atom stereocenters. The summed E-state index contributed by atoms with van der Waals surface area (Å²) in [7, 11) is 0. The number of hydrogen-bond donors (Lipinski definition) is 1. The van der Waals surface area contributed by atoms with Crippen molar-refractivity contribution in [2.75, 3.05) is 17.2 Å². The zero-order valence-electron chi connectivity index (χ0n) is 10.7. The van der Waals surface area contributed by atoms with Crippen LogP contribution in [0.25, 0.3) is 0 Å². The molecule has 0 aliphatic heterocycles. The zero-order valence-corrected chi connectivity index (χ0v) is 12.3. The molecule has 0 radical (unpaired) electrons. The first-order valence-electron chi connectivity index (χ1n) is 6.18. The van der Waals surface area contributed by atoms with Gasteiger partial charge in [-0.1, -0.05) is 13.8 Å². The van der Waals surface area contributed by atoms with Gasteiger partial charge < -0.3 is 10.6 Å². The van der Waals surface area contributed by atoms with Gasteiger partial charge in [0.15, 0.2) is 0 Å². The number of aromatic nitrogens is 1. The third-order valence-electron chi connectivity index (χ3n) is 3.11. The average molecular weight is 298 g/mol. The highest BCUT2D eigenvalue weighted by atomic mass is 79.9. The Balaban J connectivity index is 2.32. The van der Waals surface area contributed by atoms with Crippen LogP contribution in [0.3, 0.4) is 0 Å². The second-order valence-electron chi connectivity index (χ2n) is 5.25. The van der Waals surface area contributed by atoms with Gasteiger partial charge in [-0.3, -0.25) is 0 Å². The van der Waals surface area contributed by atoms with E-state index in [0.29, 0.717) is 12.0 Å². The Morgan fingerprint density at radius 1 is 1.53 bits per heavy atom. The van der Waals surface area contributed by atoms with E-state index in [1.807, 2.05) is 6.92 Å². The molecule has 1 aromatic heterocycles. The number of nitrogens with two attached hydrogens (primary N) is 1. The number of anilines is 2. The lowest BCUT2D eigenvalue weighted by atomic mass is 10.2. The van der Waals surface area contributed by atoms with Crippen LogP contribution in [0.5, 0.6) is 0 Å². The number of pyridine rings is 1. The third-order valence-corrected chi connectivity index (χ3v) is 4.06. The molecule has 4 heteroatoms. The molecule has 2 rings (SSSR count). The molecule has 0 spiro atoms. The smallest absolute Gasteiger partial charge is 0.143 e. The van der Waals surface area contributed by atoms with Crippen molar-refractivity contribution in [3.63, 3.8) is 0 Å². The Morgan fingerprint density at radius 3 is 2.71 bits per heavy atom. The predicted octanol–water partition coefficient (Wildman–Crippen LogP) is 3.36. The van der Waals surface area contributed by atoms with Crippen LogP contribution < -0.4 is 10.6 Å². The molecule has 1 aliphatic carbocycles. The Labute approximate surface area is 112 Å². The van der Waals surface area contributed by atoms with Crippen molar-refractivity contribution in [3.8, 4) is 0 Å². The summed E-state index contributed by atoms with van der Waals surface area (Å²) in [5.74, 6) is 1.69. The maximum absolute atomic E-state index is 5.87. The highest BCUT2D eigenvalue weighted by molar-refractivity contribution is 9.10. The minimum Gasteiger partial charge on any atom is -0.397 e. The maximum Gasteiger partial charge on any atom is 0.143 e. The third kappa shape index (κ3) is 2.73. The number of rotatable bonds is 4. The van der Waals surface area contributed by atoms with E-state index in [-0.39, 0.29) is 0 Å². The summed E-state index contributed by atoms with van der Waals surface area (Å²) in [5.41, 5.74) is 7.71. The van der Waals surface area contributed by atoms with Crippen molar-refractivity contribution < 1.29 is 0 Å². The van der Waals surface area contributed by atoms with Gasteiger partial charge in [-0.25, -0.2) is 4.98 Å². The Bertz CT molecular complexity index is 413. The first-order chi connectivity index (χ1) is 8.00. The van der Waals surface area contributed by atoms with E-state index in [1.165, 1.54) is 12.8 Å². The van der Waals surface area contributed by atoms with Gasteiger partial charge in [0.2, 0.25) is 0 Å². The molecular formula is C13H20BrN3. The largest absolute Gasteiger partial charge is 0.397 e. The molecule has 1 heterocycles. The van der Waals surface area contributed by atoms with E-state index < -0.39 is 0 Å². The topological polar surface area (TPSA) is 42.1 Å². The van der Waals surface area contributed by atoms with Crippen LogP contribution in [-0.4, -0.2) is 17.6 Å². The molecule has 0 bridgehead atoms. The molecule has 1 saturated carbocycles. The highest BCUT2D eigenvalue weighted by Gasteiger charge is 2.31. The van der Waals surface area contributed by atoms with E-state index in [0.717, 1.165) is 28.1 Å². The summed E-state index contributed by atoms with van der Waals surface area (Å²) in [4.78, 5) is 6.93. The van der Waals surface area contributed by atoms with Crippen LogP contribution in [-0.2, 0) is 0 Å². The number of nitrogens with zero attached hydrogens (tertiary/aromatic N) is 2. The van der Waals surface area contributed by atoms with Gasteiger partial charge in [-0.15, -0.1) is 0 Å². The van der Waals surface area contributed by atoms with Crippen molar-refractivity contribution in [1.82, 2.24) is 4.98 Å². The molecule has 0 atom stereocenters. The molecule has 2 N–H and O–H groups in total. The van der Waals surface area contributed by atoms with Crippen molar-refractivity contribution >= 4 is 27.4 Å². The fourth-order valence-corrected chi connectivity index (χ4v) is 2.53. The van der Waals surface area contributed by atoms with Crippen molar-refractivity contribution in [2.24, 2.45) is 5.92 Å². The summed E-state index contributed by atoms with van der Waals surface area (Å²) in [6, 6.07) is 0.671. The number of halogens is 1. The molecule has 1 aromatic rings. The summed E-state index contributed by atoms with van der Waals surface area (Å²) in [6.45, 7) is 7.57. The van der Waals surface area contributed by atoms with Crippen LogP contribution in [0.1, 0.15) is 32.3 Å². The summed E-state index contributed by atoms with van der Waals surface area (Å²) in [5, 5.41) is 0. The van der Waals surface area contributed by atoms with E-state index >= 15 is 0 Å². The SMILES string of the molecule is Cc1c(N)cnc(N(CC(C)C)C2CC2)c1Br. The van der Waals surface area contributed by atoms with Gasteiger partial charge >= 0.3 is 0 Å². The first-order valence-corrected chi connectivity index (χ1v) is 6.97. The van der Waals surface area contributed by atoms with Crippen LogP contribution >= 0.6 is 15.9 Å². The maximum atomic E-state index is 5.87. The lowest BCUT2D eigenvalue weighted by molar-refractivity contribution is 0.602. The molecule has 0 aromatic carbocycles. The summed E-state index contributed by atoms with van der Waals surface area (Å²) < 4.78 is 1.05. The van der Waals surface area contributed by atoms with Gasteiger partial charge in [0.1, 0.15) is 5.82 Å². The van der Waals surface area contributed by atoms with E-state index in [2.05, 4.69) is 39.7 Å². The lowest BCUT2D eigenvalue weighted by Crippen LogP contribution is -2.31. The molecular weight excluding hydrogens is 278 g/mol. The van der Waals surface area contributed by atoms with Crippen molar-refractivity contribution in [1.29, 1.82) is 0 Å². The van der Waals surface area contributed by atoms with Crippen LogP contribution in [0.2, 0.25) is 0 Å². The van der Waals surface area contributed by atoms with Crippen molar-refractivity contribution in [3.05, 3.63) is 16.2 Å². The lowest BCUT2D eigenvalue weighted by Gasteiger charge is -2.27. The van der Waals surface area contributed by atoms with E-state index in [4.69, 9.17) is 5.73 Å². The van der Waals surface area contributed by atoms with Gasteiger partial charge in [-0.2, -0.15) is 0 Å². The minimum atomic E-state index is 0.641. The van der Waals surface area contributed by atoms with Gasteiger partial charge in [0, 0.05) is 12.6 Å². The average Bonchev–Trinajstić information content (AvgIpc) is 3.07. The summed E-state index contributed by atoms with van der Waals surface area (Å²) in [6.07, 6.45) is 4.33. The fraction of sp³-hybridized carbons (Fsp3) is 0.615. The molecule has 94 valence electrons. The zero-order chi connectivity index (χ0) is 12.6. The Kier molecular flexibility index (Phi) is 3.61. The first kappa shape index (κ1) is 12.7.